The number of unbranched alkanes of at least 4 members (excludes halogenated alkanes) is 6. The minimum Gasteiger partial charge on any atom is -1.00 e. The second kappa shape index (κ2) is 60.2. The number of hydrogen-bond acceptors (Lipinski definition) is 0. The zero-order chi connectivity index (χ0) is 47.8. The maximum Gasteiger partial charge on any atom is 0.104 e. The molecule has 1 aromatic carbocycles. The van der Waals surface area contributed by atoms with Gasteiger partial charge in [-0.2, -0.15) is 0 Å². The van der Waals surface area contributed by atoms with Gasteiger partial charge in [0.15, 0.2) is 0 Å². The number of quaternary nitrogens is 6. The van der Waals surface area contributed by atoms with Gasteiger partial charge in [-0.1, -0.05) is 76.3 Å². The van der Waals surface area contributed by atoms with E-state index in [0.29, 0.717) is 0 Å². The topological polar surface area (TPSA) is 31.5 Å². The molecule has 0 radical (unpaired) electrons. The maximum absolute atomic E-state index is 2.31. The minimum atomic E-state index is 0. The summed E-state index contributed by atoms with van der Waals surface area (Å²) < 4.78 is 7.19. The van der Waals surface area contributed by atoms with Crippen molar-refractivity contribution in [2.75, 3.05) is 154 Å². The van der Waals surface area contributed by atoms with Gasteiger partial charge in [0, 0.05) is 5.56 Å². The minimum absolute atomic E-state index is 0. The number of halogens is 6. The van der Waals surface area contributed by atoms with Crippen LogP contribution in [0.25, 0.3) is 0 Å². The van der Waals surface area contributed by atoms with E-state index in [9.17, 15) is 0 Å². The number of rotatable bonds is 26. The Kier molecular flexibility index (Phi) is 88.1. The highest BCUT2D eigenvalue weighted by Gasteiger charge is 2.19. The Balaban J connectivity index is -0.0000000533. The lowest BCUT2D eigenvalue weighted by Crippen LogP contribution is -3.00. The molecule has 1 aromatic rings. The normalized spacial score (nSPS) is 10.7. The standard InChI is InChI=1S/C11H26N.C10H16N.C10H24N.2C8H20N.C7H18N.3BrH.2ClH.HI.H2O/c1-5-6-7-8-9-10-11-12(2,3)4;1-11(2,3)9-10-7-5-4-6-8-10;1-5-9-10-11(6-2,7-3)8-4;2*1-5-9(6-2,7-3)8-4;1-5-8(4,6-2)7-3;;;;;;;/h5-11H2,1-4H3;4-8H,9H2,1-3H3;5-10H2,1-4H3;2*5-8H2,1-4H3;5-7H2,1-4H3;6*1H;1H2/q6*+1;;;;;;;/p-6. The van der Waals surface area contributed by atoms with Gasteiger partial charge in [-0.3, -0.25) is 0 Å². The molecule has 0 amide bonds. The van der Waals surface area contributed by atoms with E-state index in [0.717, 1.165) is 15.5 Å². The van der Waals surface area contributed by atoms with E-state index in [-0.39, 0.29) is 105 Å². The first-order valence-corrected chi connectivity index (χ1v) is 26.1. The van der Waals surface area contributed by atoms with E-state index in [1.165, 1.54) is 180 Å². The zero-order valence-electron chi connectivity index (χ0n) is 49.5. The molecule has 0 spiro atoms. The van der Waals surface area contributed by atoms with Crippen LogP contribution in [-0.2, 0) is 6.54 Å². The molecular formula is C54H126Br3Cl2IN6O. The summed E-state index contributed by atoms with van der Waals surface area (Å²) in [6, 6.07) is 10.6. The van der Waals surface area contributed by atoms with Crippen molar-refractivity contribution in [1.29, 1.82) is 0 Å². The van der Waals surface area contributed by atoms with Gasteiger partial charge in [0.05, 0.1) is 154 Å². The third kappa shape index (κ3) is 58.5. The first-order valence-electron chi connectivity index (χ1n) is 26.1. The first kappa shape index (κ1) is 97.9. The van der Waals surface area contributed by atoms with Crippen LogP contribution in [0, 0.1) is 0 Å². The van der Waals surface area contributed by atoms with Crippen LogP contribution in [0.4, 0.5) is 0 Å². The smallest absolute Gasteiger partial charge is 0.104 e. The van der Waals surface area contributed by atoms with Crippen molar-refractivity contribution < 1.29 is 132 Å². The molecule has 0 atom stereocenters. The second-order valence-electron chi connectivity index (χ2n) is 19.9. The largest absolute Gasteiger partial charge is 1.00 e. The number of hydrogen-bond donors (Lipinski definition) is 0. The van der Waals surface area contributed by atoms with Crippen LogP contribution in [-0.4, -0.2) is 186 Å². The summed E-state index contributed by atoms with van der Waals surface area (Å²) in [7, 11) is 15.7. The molecule has 0 unspecified atom stereocenters. The highest BCUT2D eigenvalue weighted by atomic mass is 127. The van der Waals surface area contributed by atoms with E-state index in [2.05, 4.69) is 190 Å². The predicted molar refractivity (Wildman–Crippen MR) is 282 cm³/mol. The molecule has 0 saturated heterocycles. The number of nitrogens with zero attached hydrogens (tertiary/aromatic N) is 6. The SMILES string of the molecule is CCCCCCCC[N+](C)(C)C.CCCC[N+](CC)(CC)CC.CC[N+](C)(CC)CC.CC[N+](CC)(CC)CC.CC[N+](CC)(CC)CC.C[N+](C)(C)Cc1ccccc1.O.[Br-].[Br-].[Br-].[Cl-].[Cl-].[I-]. The summed E-state index contributed by atoms with van der Waals surface area (Å²) in [5, 5.41) is 0. The zero-order valence-corrected chi connectivity index (χ0v) is 57.9. The lowest BCUT2D eigenvalue weighted by molar-refractivity contribution is -0.923. The van der Waals surface area contributed by atoms with Gasteiger partial charge in [-0.05, 0) is 116 Å². The second-order valence-corrected chi connectivity index (χ2v) is 19.9. The van der Waals surface area contributed by atoms with Gasteiger partial charge in [0.1, 0.15) is 6.54 Å². The average molecular weight is 1310 g/mol. The van der Waals surface area contributed by atoms with Crippen molar-refractivity contribution in [2.45, 2.75) is 169 Å². The first-order chi connectivity index (χ1) is 28.0. The highest BCUT2D eigenvalue weighted by Crippen LogP contribution is 2.09. The van der Waals surface area contributed by atoms with Crippen LogP contribution in [0.1, 0.15) is 168 Å². The predicted octanol–water partition coefficient (Wildman–Crippen LogP) is -5.93. The third-order valence-electron chi connectivity index (χ3n) is 14.3. The monoisotopic (exact) mass is 1310 g/mol. The molecule has 0 bridgehead atoms. The van der Waals surface area contributed by atoms with Crippen LogP contribution < -0.4 is 99.7 Å². The van der Waals surface area contributed by atoms with Crippen LogP contribution in [0.3, 0.4) is 0 Å². The molecule has 13 heteroatoms. The molecular weight excluding hydrogens is 1190 g/mol. The summed E-state index contributed by atoms with van der Waals surface area (Å²) in [6.45, 7) is 58.1. The average Bonchev–Trinajstić information content (AvgIpc) is 3.25. The van der Waals surface area contributed by atoms with E-state index in [4.69, 9.17) is 0 Å². The summed E-state index contributed by atoms with van der Waals surface area (Å²) in [5.41, 5.74) is 1.40. The Labute approximate surface area is 486 Å². The molecule has 420 valence electrons. The van der Waals surface area contributed by atoms with E-state index < -0.39 is 0 Å². The molecule has 0 aliphatic rings. The van der Waals surface area contributed by atoms with Crippen LogP contribution >= 0.6 is 0 Å². The molecule has 0 saturated carbocycles. The van der Waals surface area contributed by atoms with Gasteiger partial charge in [-0.25, -0.2) is 0 Å². The van der Waals surface area contributed by atoms with E-state index in [1.54, 1.807) is 0 Å². The van der Waals surface area contributed by atoms with Crippen LogP contribution in [0.5, 0.6) is 0 Å². The van der Waals surface area contributed by atoms with Crippen LogP contribution in [0.15, 0.2) is 30.3 Å². The van der Waals surface area contributed by atoms with Gasteiger partial charge in [0.2, 0.25) is 0 Å². The van der Waals surface area contributed by atoms with Crippen molar-refractivity contribution in [2.24, 2.45) is 0 Å². The van der Waals surface area contributed by atoms with Gasteiger partial charge in [0.25, 0.3) is 0 Å². The molecule has 67 heavy (non-hydrogen) atoms. The maximum atomic E-state index is 2.31. The quantitative estimate of drug-likeness (QED) is 0.0504. The lowest BCUT2D eigenvalue weighted by atomic mass is 10.1. The van der Waals surface area contributed by atoms with Crippen molar-refractivity contribution in [3.63, 3.8) is 0 Å². The molecule has 0 aliphatic carbocycles. The Hall–Kier alpha value is 1.69. The molecule has 1 rings (SSSR count). The third-order valence-corrected chi connectivity index (χ3v) is 14.3. The van der Waals surface area contributed by atoms with Gasteiger partial charge in [-0.15, -0.1) is 0 Å². The van der Waals surface area contributed by atoms with Gasteiger partial charge < -0.3 is 132 Å². The molecule has 0 aliphatic heterocycles. The van der Waals surface area contributed by atoms with Crippen molar-refractivity contribution in [3.05, 3.63) is 35.9 Å². The molecule has 7 nitrogen and oxygen atoms in total. The lowest BCUT2D eigenvalue weighted by Gasteiger charge is -2.35. The summed E-state index contributed by atoms with van der Waals surface area (Å²) in [4.78, 5) is 0. The Morgan fingerprint density at radius 3 is 0.821 bits per heavy atom. The Morgan fingerprint density at radius 2 is 0.612 bits per heavy atom. The van der Waals surface area contributed by atoms with E-state index >= 15 is 0 Å². The summed E-state index contributed by atoms with van der Waals surface area (Å²) in [5.74, 6) is 0. The fourth-order valence-electron chi connectivity index (χ4n) is 7.49. The molecule has 0 fully saturated rings. The fourth-order valence-corrected chi connectivity index (χ4v) is 7.49. The summed E-state index contributed by atoms with van der Waals surface area (Å²) in [6.07, 6.45) is 11.2. The Morgan fingerprint density at radius 1 is 0.328 bits per heavy atom. The van der Waals surface area contributed by atoms with Gasteiger partial charge >= 0.3 is 0 Å². The van der Waals surface area contributed by atoms with Crippen molar-refractivity contribution >= 4 is 0 Å². The highest BCUT2D eigenvalue weighted by molar-refractivity contribution is 5.13. The number of benzene rings is 1. The van der Waals surface area contributed by atoms with Crippen LogP contribution in [0.2, 0.25) is 0 Å². The fraction of sp³-hybridized carbons (Fsp3) is 0.889. The molecule has 0 heterocycles. The molecule has 2 N–H and O–H groups in total. The van der Waals surface area contributed by atoms with Crippen molar-refractivity contribution in [3.8, 4) is 0 Å². The van der Waals surface area contributed by atoms with Crippen molar-refractivity contribution in [1.82, 2.24) is 0 Å². The van der Waals surface area contributed by atoms with E-state index in [1.807, 2.05) is 0 Å². The Bertz CT molecular complexity index is 938. The summed E-state index contributed by atoms with van der Waals surface area (Å²) >= 11 is 0. The molecule has 0 aromatic heterocycles.